The van der Waals surface area contributed by atoms with Crippen LogP contribution < -0.4 is 0 Å². The number of hydrogen-bond acceptors (Lipinski definition) is 3. The molecule has 19 heavy (non-hydrogen) atoms. The van der Waals surface area contributed by atoms with Crippen LogP contribution in [0.25, 0.3) is 10.4 Å². The van der Waals surface area contributed by atoms with E-state index in [1.54, 1.807) is 0 Å². The molecule has 1 atom stereocenters. The van der Waals surface area contributed by atoms with Gasteiger partial charge in [-0.2, -0.15) is 0 Å². The summed E-state index contributed by atoms with van der Waals surface area (Å²) < 4.78 is 5.31. The molecule has 1 N–H and O–H groups in total. The van der Waals surface area contributed by atoms with E-state index in [9.17, 15) is 5.11 Å². The third-order valence-corrected chi connectivity index (χ3v) is 2.76. The molecule has 0 spiro atoms. The average Bonchev–Trinajstić information content (AvgIpc) is 2.45. The lowest BCUT2D eigenvalue weighted by molar-refractivity contribution is 0.0397. The largest absolute Gasteiger partial charge is 0.391 e. The molecule has 104 valence electrons. The number of unbranched alkanes of at least 4 members (excludes halogenated alkanes) is 2. The van der Waals surface area contributed by atoms with Crippen molar-refractivity contribution in [3.8, 4) is 0 Å². The fraction of sp³-hybridized carbons (Fsp3) is 0.571. The summed E-state index contributed by atoms with van der Waals surface area (Å²) in [5.41, 5.74) is 9.45. The summed E-state index contributed by atoms with van der Waals surface area (Å²) in [7, 11) is 0. The first kappa shape index (κ1) is 15.5. The first-order valence-corrected chi connectivity index (χ1v) is 6.63. The second-order valence-electron chi connectivity index (χ2n) is 4.44. The van der Waals surface area contributed by atoms with E-state index in [-0.39, 0.29) is 13.2 Å². The van der Waals surface area contributed by atoms with Gasteiger partial charge in [-0.1, -0.05) is 41.9 Å². The predicted molar refractivity (Wildman–Crippen MR) is 74.8 cm³/mol. The summed E-state index contributed by atoms with van der Waals surface area (Å²) in [5, 5.41) is 12.6. The van der Waals surface area contributed by atoms with E-state index < -0.39 is 6.10 Å². The third-order valence-electron chi connectivity index (χ3n) is 2.76. The Hall–Kier alpha value is -1.55. The van der Waals surface area contributed by atoms with Crippen molar-refractivity contribution in [2.75, 3.05) is 19.8 Å². The molecule has 1 unspecified atom stereocenters. The molecule has 0 radical (unpaired) electrons. The van der Waals surface area contributed by atoms with E-state index in [4.69, 9.17) is 10.3 Å². The highest BCUT2D eigenvalue weighted by Gasteiger charge is 2.01. The minimum absolute atomic E-state index is 0.0739. The van der Waals surface area contributed by atoms with Crippen molar-refractivity contribution in [2.45, 2.75) is 31.8 Å². The van der Waals surface area contributed by atoms with Gasteiger partial charge in [0.1, 0.15) is 0 Å². The maximum absolute atomic E-state index is 9.34. The minimum atomic E-state index is -0.694. The zero-order chi connectivity index (χ0) is 13.8. The van der Waals surface area contributed by atoms with Crippen LogP contribution in [0.15, 0.2) is 35.4 Å². The van der Waals surface area contributed by atoms with Crippen molar-refractivity contribution < 1.29 is 9.84 Å². The van der Waals surface area contributed by atoms with Crippen LogP contribution in [0, 0.1) is 0 Å². The Labute approximate surface area is 113 Å². The number of hydrogen-bond donors (Lipinski definition) is 1. The first-order valence-electron chi connectivity index (χ1n) is 6.63. The van der Waals surface area contributed by atoms with E-state index >= 15 is 0 Å². The number of rotatable bonds is 10. The van der Waals surface area contributed by atoms with Gasteiger partial charge in [0.05, 0.1) is 19.3 Å². The molecular weight excluding hydrogens is 242 g/mol. The smallest absolute Gasteiger partial charge is 0.0829 e. The van der Waals surface area contributed by atoms with Gasteiger partial charge in [0.2, 0.25) is 0 Å². The summed E-state index contributed by atoms with van der Waals surface area (Å²) in [5.74, 6) is 0. The van der Waals surface area contributed by atoms with Gasteiger partial charge in [0.15, 0.2) is 0 Å². The SMILES string of the molecule is [N-]=[N+]=NCC(O)COCCCCCc1ccccc1. The molecule has 0 heterocycles. The molecule has 0 fully saturated rings. The molecule has 1 aromatic carbocycles. The van der Waals surface area contributed by atoms with Crippen LogP contribution in [-0.2, 0) is 11.2 Å². The van der Waals surface area contributed by atoms with Gasteiger partial charge in [0.25, 0.3) is 0 Å². The summed E-state index contributed by atoms with van der Waals surface area (Å²) in [6.07, 6.45) is 3.65. The Kier molecular flexibility index (Phi) is 8.47. The van der Waals surface area contributed by atoms with Gasteiger partial charge in [0, 0.05) is 11.5 Å². The van der Waals surface area contributed by atoms with Crippen LogP contribution in [0.4, 0.5) is 0 Å². The molecule has 0 bridgehead atoms. The molecule has 0 saturated heterocycles. The molecule has 5 nitrogen and oxygen atoms in total. The first-order chi connectivity index (χ1) is 9.33. The maximum Gasteiger partial charge on any atom is 0.0829 e. The standard InChI is InChI=1S/C14H21N3O2/c15-17-16-11-14(18)12-19-10-6-2-5-9-13-7-3-1-4-8-13/h1,3-4,7-8,14,18H,2,5-6,9-12H2. The van der Waals surface area contributed by atoms with Crippen molar-refractivity contribution in [2.24, 2.45) is 5.11 Å². The number of aliphatic hydroxyl groups is 1. The topological polar surface area (TPSA) is 78.2 Å². The molecule has 0 aliphatic heterocycles. The highest BCUT2D eigenvalue weighted by molar-refractivity contribution is 5.14. The van der Waals surface area contributed by atoms with Crippen LogP contribution in [-0.4, -0.2) is 31.0 Å². The zero-order valence-corrected chi connectivity index (χ0v) is 11.1. The summed E-state index contributed by atoms with van der Waals surface area (Å²) in [6.45, 7) is 0.949. The minimum Gasteiger partial charge on any atom is -0.391 e. The highest BCUT2D eigenvalue weighted by atomic mass is 16.5. The normalized spacial score (nSPS) is 11.8. The van der Waals surface area contributed by atoms with Crippen LogP contribution in [0.5, 0.6) is 0 Å². The molecule has 0 aliphatic rings. The average molecular weight is 263 g/mol. The molecular formula is C14H21N3O2. The number of nitrogens with zero attached hydrogens (tertiary/aromatic N) is 3. The predicted octanol–water partition coefficient (Wildman–Crippen LogP) is 3.09. The summed E-state index contributed by atoms with van der Waals surface area (Å²) in [6, 6.07) is 10.4. The Bertz CT molecular complexity index is 378. The van der Waals surface area contributed by atoms with Crippen LogP contribution in [0.2, 0.25) is 0 Å². The van der Waals surface area contributed by atoms with Gasteiger partial charge >= 0.3 is 0 Å². The fourth-order valence-electron chi connectivity index (χ4n) is 1.76. The van der Waals surface area contributed by atoms with Gasteiger partial charge in [-0.25, -0.2) is 0 Å². The second-order valence-corrected chi connectivity index (χ2v) is 4.44. The van der Waals surface area contributed by atoms with Gasteiger partial charge in [-0.15, -0.1) is 0 Å². The zero-order valence-electron chi connectivity index (χ0n) is 11.1. The third kappa shape index (κ3) is 8.21. The molecule has 0 amide bonds. The van der Waals surface area contributed by atoms with Crippen molar-refractivity contribution >= 4 is 0 Å². The molecule has 0 saturated carbocycles. The lowest BCUT2D eigenvalue weighted by atomic mass is 10.1. The van der Waals surface area contributed by atoms with E-state index in [0.29, 0.717) is 6.61 Å². The van der Waals surface area contributed by atoms with Crippen LogP contribution >= 0.6 is 0 Å². The van der Waals surface area contributed by atoms with Crippen molar-refractivity contribution in [1.82, 2.24) is 0 Å². The van der Waals surface area contributed by atoms with E-state index in [1.807, 2.05) is 6.07 Å². The quantitative estimate of drug-likeness (QED) is 0.305. The molecule has 0 aromatic heterocycles. The lowest BCUT2D eigenvalue weighted by Gasteiger charge is -2.08. The van der Waals surface area contributed by atoms with Crippen molar-refractivity contribution in [3.63, 3.8) is 0 Å². The Morgan fingerprint density at radius 1 is 1.21 bits per heavy atom. The van der Waals surface area contributed by atoms with Gasteiger partial charge < -0.3 is 9.84 Å². The van der Waals surface area contributed by atoms with E-state index in [2.05, 4.69) is 34.3 Å². The molecule has 1 aromatic rings. The Balaban J connectivity index is 1.93. The fourth-order valence-corrected chi connectivity index (χ4v) is 1.76. The van der Waals surface area contributed by atoms with E-state index in [0.717, 1.165) is 25.7 Å². The second kappa shape index (κ2) is 10.4. The maximum atomic E-state index is 9.34. The van der Waals surface area contributed by atoms with Gasteiger partial charge in [-0.3, -0.25) is 0 Å². The molecule has 1 rings (SSSR count). The molecule has 5 heteroatoms. The Morgan fingerprint density at radius 3 is 2.74 bits per heavy atom. The van der Waals surface area contributed by atoms with Crippen molar-refractivity contribution in [1.29, 1.82) is 0 Å². The number of ether oxygens (including phenoxy) is 1. The number of azide groups is 1. The highest BCUT2D eigenvalue weighted by Crippen LogP contribution is 2.06. The molecule has 0 aliphatic carbocycles. The van der Waals surface area contributed by atoms with E-state index in [1.165, 1.54) is 5.56 Å². The van der Waals surface area contributed by atoms with Crippen LogP contribution in [0.1, 0.15) is 24.8 Å². The summed E-state index contributed by atoms with van der Waals surface area (Å²) in [4.78, 5) is 2.58. The number of aryl methyl sites for hydroxylation is 1. The van der Waals surface area contributed by atoms with Crippen LogP contribution in [0.3, 0.4) is 0 Å². The summed E-state index contributed by atoms with van der Waals surface area (Å²) >= 11 is 0. The lowest BCUT2D eigenvalue weighted by Crippen LogP contribution is -2.18. The van der Waals surface area contributed by atoms with Gasteiger partial charge in [-0.05, 0) is 30.4 Å². The number of aliphatic hydroxyl groups excluding tert-OH is 1. The number of benzene rings is 1. The Morgan fingerprint density at radius 2 is 2.00 bits per heavy atom. The van der Waals surface area contributed by atoms with Crippen molar-refractivity contribution in [3.05, 3.63) is 46.3 Å². The monoisotopic (exact) mass is 263 g/mol.